The molecule has 3 heteroatoms. The summed E-state index contributed by atoms with van der Waals surface area (Å²) in [6, 6.07) is 6.16. The van der Waals surface area contributed by atoms with Gasteiger partial charge in [-0.3, -0.25) is 0 Å². The fourth-order valence-electron chi connectivity index (χ4n) is 2.15. The normalized spacial score (nSPS) is 18.9. The Balaban J connectivity index is 2.21. The molecule has 2 rings (SSSR count). The van der Waals surface area contributed by atoms with Gasteiger partial charge < -0.3 is 15.4 Å². The molecular formula is C14H22N2O. The Hall–Kier alpha value is -1.38. The SMILES string of the molecule is CCOc1cccc2c1NCC(C(C)C)CN2. The molecule has 1 unspecified atom stereocenters. The molecule has 0 saturated carbocycles. The zero-order chi connectivity index (χ0) is 12.3. The largest absolute Gasteiger partial charge is 0.492 e. The van der Waals surface area contributed by atoms with E-state index in [0.717, 1.165) is 30.2 Å². The second-order valence-electron chi connectivity index (χ2n) is 4.88. The molecule has 17 heavy (non-hydrogen) atoms. The van der Waals surface area contributed by atoms with Crippen molar-refractivity contribution in [3.63, 3.8) is 0 Å². The highest BCUT2D eigenvalue weighted by Crippen LogP contribution is 2.35. The van der Waals surface area contributed by atoms with Crippen LogP contribution in [0.25, 0.3) is 0 Å². The second-order valence-corrected chi connectivity index (χ2v) is 4.88. The predicted octanol–water partition coefficient (Wildman–Crippen LogP) is 3.19. The van der Waals surface area contributed by atoms with Crippen molar-refractivity contribution in [2.24, 2.45) is 11.8 Å². The van der Waals surface area contributed by atoms with Crippen LogP contribution in [0.1, 0.15) is 20.8 Å². The number of para-hydroxylation sites is 1. The van der Waals surface area contributed by atoms with E-state index in [-0.39, 0.29) is 0 Å². The van der Waals surface area contributed by atoms with E-state index in [1.807, 2.05) is 19.1 Å². The van der Waals surface area contributed by atoms with Crippen LogP contribution in [0, 0.1) is 11.8 Å². The van der Waals surface area contributed by atoms with Crippen LogP contribution < -0.4 is 15.4 Å². The number of rotatable bonds is 3. The van der Waals surface area contributed by atoms with E-state index in [9.17, 15) is 0 Å². The van der Waals surface area contributed by atoms with E-state index in [4.69, 9.17) is 4.74 Å². The van der Waals surface area contributed by atoms with Crippen molar-refractivity contribution >= 4 is 11.4 Å². The molecule has 1 heterocycles. The first-order valence-corrected chi connectivity index (χ1v) is 6.46. The summed E-state index contributed by atoms with van der Waals surface area (Å²) in [6.07, 6.45) is 0. The quantitative estimate of drug-likeness (QED) is 0.842. The standard InChI is InChI=1S/C14H22N2O/c1-4-17-13-7-5-6-12-14(13)16-9-11(8-15-12)10(2)3/h5-7,10-11,15-16H,4,8-9H2,1-3H3. The van der Waals surface area contributed by atoms with Crippen LogP contribution in [0.2, 0.25) is 0 Å². The molecule has 94 valence electrons. The lowest BCUT2D eigenvalue weighted by Crippen LogP contribution is -2.23. The number of anilines is 2. The van der Waals surface area contributed by atoms with E-state index >= 15 is 0 Å². The Kier molecular flexibility index (Phi) is 3.77. The average molecular weight is 234 g/mol. The molecule has 2 N–H and O–H groups in total. The molecule has 0 amide bonds. The van der Waals surface area contributed by atoms with Gasteiger partial charge in [-0.1, -0.05) is 19.9 Å². The molecule has 0 spiro atoms. The van der Waals surface area contributed by atoms with E-state index < -0.39 is 0 Å². The van der Waals surface area contributed by atoms with Crippen LogP contribution in [0.5, 0.6) is 5.75 Å². The summed E-state index contributed by atoms with van der Waals surface area (Å²) in [5.74, 6) is 2.28. The summed E-state index contributed by atoms with van der Waals surface area (Å²) in [6.45, 7) is 9.28. The topological polar surface area (TPSA) is 33.3 Å². The van der Waals surface area contributed by atoms with Crippen LogP contribution in [-0.2, 0) is 0 Å². The molecule has 0 aliphatic carbocycles. The molecule has 0 radical (unpaired) electrons. The summed E-state index contributed by atoms with van der Waals surface area (Å²) in [7, 11) is 0. The summed E-state index contributed by atoms with van der Waals surface area (Å²) in [4.78, 5) is 0. The molecule has 0 saturated heterocycles. The third kappa shape index (κ3) is 2.65. The molecule has 0 bridgehead atoms. The fraction of sp³-hybridized carbons (Fsp3) is 0.571. The van der Waals surface area contributed by atoms with E-state index in [2.05, 4.69) is 30.5 Å². The molecule has 3 nitrogen and oxygen atoms in total. The van der Waals surface area contributed by atoms with Gasteiger partial charge in [-0.2, -0.15) is 0 Å². The first-order chi connectivity index (χ1) is 8.22. The van der Waals surface area contributed by atoms with Gasteiger partial charge in [0.1, 0.15) is 11.4 Å². The zero-order valence-corrected chi connectivity index (χ0v) is 10.9. The van der Waals surface area contributed by atoms with Gasteiger partial charge in [-0.15, -0.1) is 0 Å². The second kappa shape index (κ2) is 5.30. The van der Waals surface area contributed by atoms with Crippen molar-refractivity contribution < 1.29 is 4.74 Å². The minimum atomic E-state index is 0.650. The molecule has 0 fully saturated rings. The Bertz CT molecular complexity index is 376. The van der Waals surface area contributed by atoms with Gasteiger partial charge in [0, 0.05) is 13.1 Å². The van der Waals surface area contributed by atoms with Crippen molar-refractivity contribution in [1.29, 1.82) is 0 Å². The predicted molar refractivity (Wildman–Crippen MR) is 72.9 cm³/mol. The Labute approximate surface area is 104 Å². The third-order valence-corrected chi connectivity index (χ3v) is 3.36. The lowest BCUT2D eigenvalue weighted by atomic mass is 9.96. The summed E-state index contributed by atoms with van der Waals surface area (Å²) in [5.41, 5.74) is 2.26. The fourth-order valence-corrected chi connectivity index (χ4v) is 2.15. The van der Waals surface area contributed by atoms with E-state index in [1.54, 1.807) is 0 Å². The maximum absolute atomic E-state index is 5.65. The number of hydrogen-bond donors (Lipinski definition) is 2. The van der Waals surface area contributed by atoms with Gasteiger partial charge in [0.25, 0.3) is 0 Å². The van der Waals surface area contributed by atoms with Crippen molar-refractivity contribution in [2.45, 2.75) is 20.8 Å². The average Bonchev–Trinajstić information content (AvgIpc) is 2.52. The van der Waals surface area contributed by atoms with Gasteiger partial charge in [-0.05, 0) is 30.9 Å². The third-order valence-electron chi connectivity index (χ3n) is 3.36. The van der Waals surface area contributed by atoms with E-state index in [0.29, 0.717) is 18.4 Å². The van der Waals surface area contributed by atoms with Crippen LogP contribution in [0.4, 0.5) is 11.4 Å². The summed E-state index contributed by atoms with van der Waals surface area (Å²) >= 11 is 0. The van der Waals surface area contributed by atoms with Crippen LogP contribution in [-0.4, -0.2) is 19.7 Å². The summed E-state index contributed by atoms with van der Waals surface area (Å²) in [5, 5.41) is 7.04. The molecule has 1 aromatic rings. The summed E-state index contributed by atoms with van der Waals surface area (Å²) < 4.78 is 5.65. The maximum Gasteiger partial charge on any atom is 0.144 e. The Morgan fingerprint density at radius 3 is 2.76 bits per heavy atom. The molecule has 1 aromatic carbocycles. The molecular weight excluding hydrogens is 212 g/mol. The van der Waals surface area contributed by atoms with Crippen molar-refractivity contribution in [3.8, 4) is 5.75 Å². The van der Waals surface area contributed by atoms with Gasteiger partial charge in [0.2, 0.25) is 0 Å². The minimum absolute atomic E-state index is 0.650. The van der Waals surface area contributed by atoms with Gasteiger partial charge in [-0.25, -0.2) is 0 Å². The Morgan fingerprint density at radius 1 is 1.29 bits per heavy atom. The van der Waals surface area contributed by atoms with Crippen LogP contribution in [0.15, 0.2) is 18.2 Å². The van der Waals surface area contributed by atoms with Gasteiger partial charge in [0.05, 0.1) is 12.3 Å². The number of benzene rings is 1. The molecule has 1 aliphatic rings. The monoisotopic (exact) mass is 234 g/mol. The maximum atomic E-state index is 5.65. The zero-order valence-electron chi connectivity index (χ0n) is 10.9. The smallest absolute Gasteiger partial charge is 0.144 e. The van der Waals surface area contributed by atoms with Gasteiger partial charge in [0.15, 0.2) is 0 Å². The highest BCUT2D eigenvalue weighted by atomic mass is 16.5. The first kappa shape index (κ1) is 12.1. The lowest BCUT2D eigenvalue weighted by Gasteiger charge is -2.18. The van der Waals surface area contributed by atoms with Crippen molar-refractivity contribution in [1.82, 2.24) is 0 Å². The number of nitrogens with one attached hydrogen (secondary N) is 2. The van der Waals surface area contributed by atoms with Gasteiger partial charge >= 0.3 is 0 Å². The van der Waals surface area contributed by atoms with Crippen LogP contribution in [0.3, 0.4) is 0 Å². The lowest BCUT2D eigenvalue weighted by molar-refractivity contribution is 0.341. The first-order valence-electron chi connectivity index (χ1n) is 6.46. The van der Waals surface area contributed by atoms with Crippen LogP contribution >= 0.6 is 0 Å². The highest BCUT2D eigenvalue weighted by molar-refractivity contribution is 5.76. The number of hydrogen-bond acceptors (Lipinski definition) is 3. The van der Waals surface area contributed by atoms with Crippen molar-refractivity contribution in [2.75, 3.05) is 30.3 Å². The number of fused-ring (bicyclic) bond motifs is 1. The molecule has 1 atom stereocenters. The molecule has 1 aliphatic heterocycles. The van der Waals surface area contributed by atoms with E-state index in [1.165, 1.54) is 0 Å². The Morgan fingerprint density at radius 2 is 2.06 bits per heavy atom. The number of ether oxygens (including phenoxy) is 1. The molecule has 0 aromatic heterocycles. The van der Waals surface area contributed by atoms with Crippen molar-refractivity contribution in [3.05, 3.63) is 18.2 Å². The minimum Gasteiger partial charge on any atom is -0.492 e. The highest BCUT2D eigenvalue weighted by Gasteiger charge is 2.19.